The van der Waals surface area contributed by atoms with E-state index in [0.29, 0.717) is 23.8 Å². The van der Waals surface area contributed by atoms with Crippen LogP contribution in [0.4, 0.5) is 0 Å². The molecular weight excluding hydrogens is 362 g/mol. The summed E-state index contributed by atoms with van der Waals surface area (Å²) in [5.74, 6) is 0.650. The van der Waals surface area contributed by atoms with Crippen LogP contribution >= 0.6 is 11.6 Å². The predicted molar refractivity (Wildman–Crippen MR) is 106 cm³/mol. The van der Waals surface area contributed by atoms with Crippen LogP contribution < -0.4 is 0 Å². The summed E-state index contributed by atoms with van der Waals surface area (Å²) in [7, 11) is 0. The molecule has 3 aromatic rings. The van der Waals surface area contributed by atoms with E-state index in [2.05, 4.69) is 10.1 Å². The summed E-state index contributed by atoms with van der Waals surface area (Å²) in [5, 5.41) is 7.53. The van der Waals surface area contributed by atoms with Crippen molar-refractivity contribution in [2.24, 2.45) is 5.10 Å². The molecule has 0 radical (unpaired) electrons. The minimum Gasteiger partial charge on any atom is -0.463 e. The van der Waals surface area contributed by atoms with Gasteiger partial charge in [0.25, 0.3) is 0 Å². The van der Waals surface area contributed by atoms with Gasteiger partial charge in [-0.1, -0.05) is 36.7 Å². The lowest BCUT2D eigenvalue weighted by molar-refractivity contribution is -0.133. The Hall–Kier alpha value is -2.66. The zero-order valence-corrected chi connectivity index (χ0v) is 16.0. The molecule has 3 heterocycles. The molecule has 5 nitrogen and oxygen atoms in total. The van der Waals surface area contributed by atoms with E-state index in [1.165, 1.54) is 0 Å². The SMILES string of the molecule is CCCC(=O)N1N=C(c2ccco2)C[C@H]1c1cc2cccc(C)c2nc1Cl. The number of benzene rings is 1. The molecule has 1 aliphatic rings. The number of rotatable bonds is 4. The molecule has 1 aliphatic heterocycles. The monoisotopic (exact) mass is 381 g/mol. The lowest BCUT2D eigenvalue weighted by Gasteiger charge is -2.23. The standard InChI is InChI=1S/C21H20ClN3O2/c1-3-6-19(26)25-17(12-16(24-25)18-9-5-10-27-18)15-11-14-8-4-7-13(2)20(14)23-21(15)22/h4-5,7-11,17H,3,6,12H2,1-2H3/t17-/m0/s1. The number of aryl methyl sites for hydroxylation is 1. The summed E-state index contributed by atoms with van der Waals surface area (Å²) in [5.41, 5.74) is 3.50. The van der Waals surface area contributed by atoms with Gasteiger partial charge in [0, 0.05) is 23.8 Å². The summed E-state index contributed by atoms with van der Waals surface area (Å²) in [6.07, 6.45) is 3.35. The van der Waals surface area contributed by atoms with Crippen molar-refractivity contribution in [1.29, 1.82) is 0 Å². The van der Waals surface area contributed by atoms with E-state index < -0.39 is 0 Å². The number of para-hydroxylation sites is 1. The number of hydrogen-bond donors (Lipinski definition) is 0. The molecule has 0 spiro atoms. The largest absolute Gasteiger partial charge is 0.463 e. The van der Waals surface area contributed by atoms with Gasteiger partial charge in [-0.15, -0.1) is 0 Å². The third kappa shape index (κ3) is 3.23. The van der Waals surface area contributed by atoms with Gasteiger partial charge in [-0.05, 0) is 37.1 Å². The molecule has 0 saturated heterocycles. The second-order valence-corrected chi connectivity index (χ2v) is 7.11. The van der Waals surface area contributed by atoms with Crippen molar-refractivity contribution in [3.8, 4) is 0 Å². The Morgan fingerprint density at radius 2 is 2.19 bits per heavy atom. The molecule has 0 fully saturated rings. The van der Waals surface area contributed by atoms with Gasteiger partial charge in [-0.25, -0.2) is 9.99 Å². The Labute approximate surface area is 162 Å². The summed E-state index contributed by atoms with van der Waals surface area (Å²) in [6.45, 7) is 3.99. The number of nitrogens with zero attached hydrogens (tertiary/aromatic N) is 3. The topological polar surface area (TPSA) is 58.7 Å². The van der Waals surface area contributed by atoms with E-state index in [1.54, 1.807) is 11.3 Å². The van der Waals surface area contributed by atoms with Crippen LogP contribution in [0.25, 0.3) is 10.9 Å². The van der Waals surface area contributed by atoms with Gasteiger partial charge >= 0.3 is 0 Å². The average Bonchev–Trinajstić information content (AvgIpc) is 3.32. The predicted octanol–water partition coefficient (Wildman–Crippen LogP) is 5.27. The first-order chi connectivity index (χ1) is 13.1. The molecular formula is C21H20ClN3O2. The van der Waals surface area contributed by atoms with Crippen LogP contribution in [0, 0.1) is 6.92 Å². The van der Waals surface area contributed by atoms with Crippen molar-refractivity contribution >= 4 is 34.1 Å². The van der Waals surface area contributed by atoms with Gasteiger partial charge in [0.05, 0.1) is 17.8 Å². The van der Waals surface area contributed by atoms with Crippen LogP contribution in [-0.2, 0) is 4.79 Å². The third-order valence-electron chi connectivity index (χ3n) is 4.82. The Morgan fingerprint density at radius 1 is 1.33 bits per heavy atom. The number of aromatic nitrogens is 1. The van der Waals surface area contributed by atoms with E-state index in [-0.39, 0.29) is 11.9 Å². The molecule has 27 heavy (non-hydrogen) atoms. The van der Waals surface area contributed by atoms with E-state index >= 15 is 0 Å². The molecule has 138 valence electrons. The summed E-state index contributed by atoms with van der Waals surface area (Å²) < 4.78 is 5.49. The quantitative estimate of drug-likeness (QED) is 0.578. The lowest BCUT2D eigenvalue weighted by atomic mass is 9.99. The highest BCUT2D eigenvalue weighted by molar-refractivity contribution is 6.30. The summed E-state index contributed by atoms with van der Waals surface area (Å²) >= 11 is 6.55. The Bertz CT molecular complexity index is 1030. The van der Waals surface area contributed by atoms with Crippen LogP contribution in [0.3, 0.4) is 0 Å². The molecule has 0 N–H and O–H groups in total. The Morgan fingerprint density at radius 3 is 2.93 bits per heavy atom. The van der Waals surface area contributed by atoms with Crippen LogP contribution in [0.15, 0.2) is 52.2 Å². The third-order valence-corrected chi connectivity index (χ3v) is 5.13. The number of hydrogen-bond acceptors (Lipinski definition) is 4. The van der Waals surface area contributed by atoms with Gasteiger partial charge in [0.1, 0.15) is 16.6 Å². The van der Waals surface area contributed by atoms with E-state index in [0.717, 1.165) is 34.2 Å². The van der Waals surface area contributed by atoms with Gasteiger partial charge in [0.2, 0.25) is 5.91 Å². The highest BCUT2D eigenvalue weighted by Crippen LogP contribution is 2.38. The number of carbonyl (C=O) groups is 1. The van der Waals surface area contributed by atoms with Gasteiger partial charge < -0.3 is 4.42 Å². The minimum atomic E-state index is -0.283. The molecule has 6 heteroatoms. The zero-order valence-electron chi connectivity index (χ0n) is 15.3. The van der Waals surface area contributed by atoms with E-state index in [4.69, 9.17) is 16.0 Å². The van der Waals surface area contributed by atoms with Crippen molar-refractivity contribution in [3.05, 3.63) is 64.7 Å². The van der Waals surface area contributed by atoms with Crippen molar-refractivity contribution in [2.45, 2.75) is 39.2 Å². The van der Waals surface area contributed by atoms with Crippen molar-refractivity contribution in [3.63, 3.8) is 0 Å². The molecule has 1 amide bonds. The molecule has 0 aliphatic carbocycles. The number of furan rings is 1. The van der Waals surface area contributed by atoms with Crippen molar-refractivity contribution in [2.75, 3.05) is 0 Å². The minimum absolute atomic E-state index is 0.0236. The highest BCUT2D eigenvalue weighted by atomic mass is 35.5. The smallest absolute Gasteiger partial charge is 0.243 e. The van der Waals surface area contributed by atoms with Crippen LogP contribution in [0.5, 0.6) is 0 Å². The van der Waals surface area contributed by atoms with Gasteiger partial charge in [0.15, 0.2) is 0 Å². The second-order valence-electron chi connectivity index (χ2n) is 6.75. The summed E-state index contributed by atoms with van der Waals surface area (Å²) in [4.78, 5) is 17.3. The maximum absolute atomic E-state index is 12.7. The molecule has 0 unspecified atom stereocenters. The fourth-order valence-electron chi connectivity index (χ4n) is 3.48. The lowest BCUT2D eigenvalue weighted by Crippen LogP contribution is -2.27. The van der Waals surface area contributed by atoms with E-state index in [9.17, 15) is 4.79 Å². The normalized spacial score (nSPS) is 16.8. The first kappa shape index (κ1) is 17.7. The number of hydrazone groups is 1. The fourth-order valence-corrected chi connectivity index (χ4v) is 3.74. The first-order valence-corrected chi connectivity index (χ1v) is 9.45. The van der Waals surface area contributed by atoms with E-state index in [1.807, 2.05) is 50.2 Å². The maximum atomic E-state index is 12.7. The maximum Gasteiger partial charge on any atom is 0.243 e. The van der Waals surface area contributed by atoms with Crippen molar-refractivity contribution < 1.29 is 9.21 Å². The van der Waals surface area contributed by atoms with Gasteiger partial charge in [-0.2, -0.15) is 5.10 Å². The van der Waals surface area contributed by atoms with Crippen molar-refractivity contribution in [1.82, 2.24) is 9.99 Å². The number of fused-ring (bicyclic) bond motifs is 1. The molecule has 0 bridgehead atoms. The van der Waals surface area contributed by atoms with Crippen LogP contribution in [-0.4, -0.2) is 21.6 Å². The highest BCUT2D eigenvalue weighted by Gasteiger charge is 2.35. The molecule has 2 aromatic heterocycles. The fraction of sp³-hybridized carbons (Fsp3) is 0.286. The molecule has 4 rings (SSSR count). The number of halogens is 1. The first-order valence-electron chi connectivity index (χ1n) is 9.07. The molecule has 1 aromatic carbocycles. The second kappa shape index (κ2) is 7.16. The molecule has 0 saturated carbocycles. The Balaban J connectivity index is 1.78. The van der Waals surface area contributed by atoms with Crippen LogP contribution in [0.2, 0.25) is 5.15 Å². The number of pyridine rings is 1. The average molecular weight is 382 g/mol. The molecule has 1 atom stereocenters. The zero-order chi connectivity index (χ0) is 19.0. The number of amides is 1. The van der Waals surface area contributed by atoms with Gasteiger partial charge in [-0.3, -0.25) is 4.79 Å². The summed E-state index contributed by atoms with van der Waals surface area (Å²) in [6, 6.07) is 11.4. The van der Waals surface area contributed by atoms with Crippen LogP contribution in [0.1, 0.15) is 49.1 Å². The number of carbonyl (C=O) groups excluding carboxylic acids is 1. The Kier molecular flexibility index (Phi) is 4.70.